The normalized spacial score (nSPS) is 10.8. The highest BCUT2D eigenvalue weighted by atomic mass is 32.1. The highest BCUT2D eigenvalue weighted by Crippen LogP contribution is 2.14. The summed E-state index contributed by atoms with van der Waals surface area (Å²) in [7, 11) is 1.55. The molecule has 19 heavy (non-hydrogen) atoms. The van der Waals surface area contributed by atoms with Crippen molar-refractivity contribution in [1.29, 1.82) is 0 Å². The first-order valence-electron chi connectivity index (χ1n) is 5.43. The van der Waals surface area contributed by atoms with E-state index in [-0.39, 0.29) is 5.52 Å². The Kier molecular flexibility index (Phi) is 2.68. The van der Waals surface area contributed by atoms with Gasteiger partial charge in [0.15, 0.2) is 5.52 Å². The number of hydrogen-bond acceptors (Lipinski definition) is 5. The van der Waals surface area contributed by atoms with E-state index in [1.54, 1.807) is 31.4 Å². The van der Waals surface area contributed by atoms with Crippen LogP contribution in [-0.4, -0.2) is 21.6 Å². The van der Waals surface area contributed by atoms with Crippen LogP contribution in [0.3, 0.4) is 0 Å². The smallest absolute Gasteiger partial charge is 0.334 e. The van der Waals surface area contributed by atoms with Gasteiger partial charge in [0.1, 0.15) is 10.6 Å². The van der Waals surface area contributed by atoms with Crippen LogP contribution in [0.2, 0.25) is 0 Å². The topological polar surface area (TPSA) is 77.0 Å². The van der Waals surface area contributed by atoms with Crippen LogP contribution in [-0.2, 0) is 0 Å². The van der Waals surface area contributed by atoms with Gasteiger partial charge in [0.2, 0.25) is 0 Å². The largest absolute Gasteiger partial charge is 0.497 e. The maximum atomic E-state index is 12.2. The van der Waals surface area contributed by atoms with Gasteiger partial charge >= 0.3 is 5.69 Å². The molecule has 2 heterocycles. The van der Waals surface area contributed by atoms with E-state index in [1.165, 1.54) is 16.8 Å². The molecule has 6 nitrogen and oxygen atoms in total. The Morgan fingerprint density at radius 1 is 1.26 bits per heavy atom. The summed E-state index contributed by atoms with van der Waals surface area (Å²) in [6, 6.07) is 6.67. The highest BCUT2D eigenvalue weighted by Gasteiger charge is 2.11. The highest BCUT2D eigenvalue weighted by molar-refractivity contribution is 7.16. The fourth-order valence-electron chi connectivity index (χ4n) is 1.80. The van der Waals surface area contributed by atoms with E-state index in [2.05, 4.69) is 9.97 Å². The van der Waals surface area contributed by atoms with Crippen molar-refractivity contribution >= 4 is 21.7 Å². The van der Waals surface area contributed by atoms with Crippen LogP contribution in [0.4, 0.5) is 0 Å². The predicted molar refractivity (Wildman–Crippen MR) is 72.4 cm³/mol. The number of aromatic amines is 1. The molecule has 0 radical (unpaired) electrons. The summed E-state index contributed by atoms with van der Waals surface area (Å²) in [5, 5.41) is 0. The van der Waals surface area contributed by atoms with Crippen molar-refractivity contribution in [2.24, 2.45) is 0 Å². The molecule has 7 heteroatoms. The van der Waals surface area contributed by atoms with E-state index in [0.717, 1.165) is 4.57 Å². The maximum Gasteiger partial charge on any atom is 0.334 e. The summed E-state index contributed by atoms with van der Waals surface area (Å²) < 4.78 is 6.10. The molecule has 0 aliphatic carbocycles. The van der Waals surface area contributed by atoms with Crippen molar-refractivity contribution in [3.05, 3.63) is 50.6 Å². The SMILES string of the molecule is COc1ccc(-n2c(=O)[nH]c3scnc3c2=O)cc1. The second kappa shape index (κ2) is 4.36. The Hall–Kier alpha value is -2.41. The zero-order valence-corrected chi connectivity index (χ0v) is 10.7. The Balaban J connectivity index is 2.29. The molecule has 1 N–H and O–H groups in total. The standard InChI is InChI=1S/C12H9N3O3S/c1-18-8-4-2-7(3-5-8)15-11(16)9-10(14-12(15)17)19-6-13-9/h2-6H,1H3,(H,14,17). The third kappa shape index (κ3) is 1.84. The number of H-pyrrole nitrogens is 1. The van der Waals surface area contributed by atoms with Gasteiger partial charge < -0.3 is 4.74 Å². The van der Waals surface area contributed by atoms with E-state index < -0.39 is 11.2 Å². The van der Waals surface area contributed by atoms with Crippen LogP contribution < -0.4 is 16.0 Å². The van der Waals surface area contributed by atoms with Crippen molar-refractivity contribution in [2.75, 3.05) is 7.11 Å². The molecule has 0 saturated heterocycles. The molecule has 1 aromatic carbocycles. The molecule has 0 saturated carbocycles. The summed E-state index contributed by atoms with van der Waals surface area (Å²) in [6.07, 6.45) is 0. The van der Waals surface area contributed by atoms with Crippen LogP contribution >= 0.6 is 11.3 Å². The Bertz CT molecular complexity index is 845. The Morgan fingerprint density at radius 3 is 2.68 bits per heavy atom. The average molecular weight is 275 g/mol. The molecule has 0 amide bonds. The number of rotatable bonds is 2. The van der Waals surface area contributed by atoms with Gasteiger partial charge in [-0.3, -0.25) is 9.78 Å². The zero-order chi connectivity index (χ0) is 13.4. The molecule has 0 atom stereocenters. The predicted octanol–water partition coefficient (Wildman–Crippen LogP) is 1.14. The summed E-state index contributed by atoms with van der Waals surface area (Å²) in [5.74, 6) is 0.656. The number of nitrogens with zero attached hydrogens (tertiary/aromatic N) is 2. The molecule has 0 spiro atoms. The molecule has 0 bridgehead atoms. The summed E-state index contributed by atoms with van der Waals surface area (Å²) in [4.78, 5) is 31.3. The number of benzene rings is 1. The fraction of sp³-hybridized carbons (Fsp3) is 0.0833. The van der Waals surface area contributed by atoms with Gasteiger partial charge in [-0.2, -0.15) is 0 Å². The first-order valence-corrected chi connectivity index (χ1v) is 6.31. The molecule has 0 unspecified atom stereocenters. The van der Waals surface area contributed by atoms with Crippen molar-refractivity contribution in [3.8, 4) is 11.4 Å². The lowest BCUT2D eigenvalue weighted by atomic mass is 10.3. The lowest BCUT2D eigenvalue weighted by Gasteiger charge is -2.05. The van der Waals surface area contributed by atoms with Crippen LogP contribution in [0, 0.1) is 0 Å². The van der Waals surface area contributed by atoms with Gasteiger partial charge in [0.25, 0.3) is 5.56 Å². The van der Waals surface area contributed by atoms with Gasteiger partial charge in [-0.1, -0.05) is 0 Å². The van der Waals surface area contributed by atoms with Crippen molar-refractivity contribution in [2.45, 2.75) is 0 Å². The lowest BCUT2D eigenvalue weighted by molar-refractivity contribution is 0.414. The minimum atomic E-state index is -0.480. The molecule has 2 aromatic heterocycles. The Labute approximate surface area is 110 Å². The van der Waals surface area contributed by atoms with Crippen LogP contribution in [0.5, 0.6) is 5.75 Å². The monoisotopic (exact) mass is 275 g/mol. The molecule has 3 rings (SSSR count). The molecule has 0 fully saturated rings. The molecule has 0 aliphatic heterocycles. The fourth-order valence-corrected chi connectivity index (χ4v) is 2.47. The van der Waals surface area contributed by atoms with E-state index in [0.29, 0.717) is 16.3 Å². The van der Waals surface area contributed by atoms with Crippen molar-refractivity contribution in [3.63, 3.8) is 0 Å². The number of methoxy groups -OCH3 is 1. The quantitative estimate of drug-likeness (QED) is 0.761. The molecular formula is C12H9N3O3S. The number of ether oxygens (including phenoxy) is 1. The summed E-state index contributed by atoms with van der Waals surface area (Å²) in [5.41, 5.74) is 1.36. The summed E-state index contributed by atoms with van der Waals surface area (Å²) in [6.45, 7) is 0. The zero-order valence-electron chi connectivity index (χ0n) is 9.91. The van der Waals surface area contributed by atoms with Gasteiger partial charge in [-0.05, 0) is 24.3 Å². The molecular weight excluding hydrogens is 266 g/mol. The first-order chi connectivity index (χ1) is 9.20. The van der Waals surface area contributed by atoms with Crippen LogP contribution in [0.1, 0.15) is 0 Å². The second-order valence-electron chi connectivity index (χ2n) is 3.80. The van der Waals surface area contributed by atoms with E-state index in [1.807, 2.05) is 0 Å². The minimum Gasteiger partial charge on any atom is -0.497 e. The number of fused-ring (bicyclic) bond motifs is 1. The van der Waals surface area contributed by atoms with E-state index in [4.69, 9.17) is 4.74 Å². The number of hydrogen-bond donors (Lipinski definition) is 1. The first kappa shape index (κ1) is 11.7. The third-order valence-corrected chi connectivity index (χ3v) is 3.47. The molecule has 96 valence electrons. The van der Waals surface area contributed by atoms with Crippen molar-refractivity contribution < 1.29 is 4.74 Å². The van der Waals surface area contributed by atoms with Gasteiger partial charge in [0.05, 0.1) is 18.3 Å². The number of aromatic nitrogens is 3. The van der Waals surface area contributed by atoms with Crippen molar-refractivity contribution in [1.82, 2.24) is 14.5 Å². The lowest BCUT2D eigenvalue weighted by Crippen LogP contribution is -2.33. The third-order valence-electron chi connectivity index (χ3n) is 2.73. The summed E-state index contributed by atoms with van der Waals surface area (Å²) >= 11 is 1.23. The van der Waals surface area contributed by atoms with Gasteiger partial charge in [-0.15, -0.1) is 11.3 Å². The minimum absolute atomic E-state index is 0.264. The number of nitrogens with one attached hydrogen (secondary N) is 1. The van der Waals surface area contributed by atoms with E-state index >= 15 is 0 Å². The maximum absolute atomic E-state index is 12.2. The van der Waals surface area contributed by atoms with E-state index in [9.17, 15) is 9.59 Å². The van der Waals surface area contributed by atoms with Gasteiger partial charge in [0, 0.05) is 0 Å². The average Bonchev–Trinajstić information content (AvgIpc) is 2.88. The Morgan fingerprint density at radius 2 is 2.00 bits per heavy atom. The molecule has 3 aromatic rings. The number of thiazole rings is 1. The molecule has 0 aliphatic rings. The van der Waals surface area contributed by atoms with Crippen LogP contribution in [0.15, 0.2) is 39.4 Å². The van der Waals surface area contributed by atoms with Gasteiger partial charge in [-0.25, -0.2) is 14.3 Å². The van der Waals surface area contributed by atoms with Crippen LogP contribution in [0.25, 0.3) is 16.0 Å². The second-order valence-corrected chi connectivity index (χ2v) is 4.65.